The van der Waals surface area contributed by atoms with Gasteiger partial charge in [0.1, 0.15) is 0 Å². The average Bonchev–Trinajstić information content (AvgIpc) is 2.12. The van der Waals surface area contributed by atoms with Gasteiger partial charge in [0.2, 0.25) is 0 Å². The summed E-state index contributed by atoms with van der Waals surface area (Å²) in [4.78, 5) is 0. The first kappa shape index (κ1) is 11.1. The maximum absolute atomic E-state index is 8.31. The van der Waals surface area contributed by atoms with Gasteiger partial charge in [0.25, 0.3) is 0 Å². The van der Waals surface area contributed by atoms with E-state index in [-0.39, 0.29) is 12.4 Å². The zero-order chi connectivity index (χ0) is 10.6. The van der Waals surface area contributed by atoms with Crippen LogP contribution in [0.2, 0.25) is 5.02 Å². The van der Waals surface area contributed by atoms with Gasteiger partial charge in [-0.2, -0.15) is 0 Å². The third-order valence-electron chi connectivity index (χ3n) is 1.46. The van der Waals surface area contributed by atoms with Crippen molar-refractivity contribution in [1.29, 1.82) is 0 Å². The molecule has 0 unspecified atom stereocenters. The lowest BCUT2D eigenvalue weighted by Gasteiger charge is -2.05. The van der Waals surface area contributed by atoms with Crippen molar-refractivity contribution in [2.45, 2.75) is 0 Å². The second kappa shape index (κ2) is 5.07. The van der Waals surface area contributed by atoms with Crippen LogP contribution in [0.5, 0.6) is 0 Å². The van der Waals surface area contributed by atoms with Crippen molar-refractivity contribution in [1.82, 2.24) is 0 Å². The van der Waals surface area contributed by atoms with Crippen molar-refractivity contribution >= 4 is 39.1 Å². The Bertz CT molecular complexity index is 336. The molecule has 0 aromatic heterocycles. The molecule has 1 aromatic rings. The highest BCUT2D eigenvalue weighted by Gasteiger charge is 1.98. The Morgan fingerprint density at radius 3 is 2.86 bits per heavy atom. The smallest absolute Gasteiger partial charge is 0.158 e. The Labute approximate surface area is 94.9 Å². The van der Waals surface area contributed by atoms with Gasteiger partial charge in [0.05, 0.1) is 6.54 Å². The highest BCUT2D eigenvalue weighted by Crippen LogP contribution is 2.22. The summed E-state index contributed by atoms with van der Waals surface area (Å²) in [5.41, 5.74) is 6.09. The largest absolute Gasteiger partial charge is 0.409 e. The van der Waals surface area contributed by atoms with Crippen molar-refractivity contribution in [2.75, 3.05) is 11.9 Å². The van der Waals surface area contributed by atoms with E-state index in [0.717, 1.165) is 10.2 Å². The van der Waals surface area contributed by atoms with E-state index < -0.39 is 0 Å². The lowest BCUT2D eigenvalue weighted by molar-refractivity contribution is 0.317. The Hall–Kier alpha value is -0.940. The minimum Gasteiger partial charge on any atom is -0.409 e. The maximum Gasteiger partial charge on any atom is 0.158 e. The fourth-order valence-electron chi connectivity index (χ4n) is 0.884. The molecule has 1 aromatic carbocycles. The van der Waals surface area contributed by atoms with Crippen LogP contribution in [0.4, 0.5) is 5.69 Å². The summed E-state index contributed by atoms with van der Waals surface area (Å²) in [6.45, 7) is 0.267. The summed E-state index contributed by atoms with van der Waals surface area (Å²) in [6, 6.07) is 5.36. The van der Waals surface area contributed by atoms with Crippen molar-refractivity contribution in [3.05, 3.63) is 27.7 Å². The topological polar surface area (TPSA) is 70.6 Å². The monoisotopic (exact) mass is 277 g/mol. The summed E-state index contributed by atoms with van der Waals surface area (Å²) in [7, 11) is 0. The van der Waals surface area contributed by atoms with Gasteiger partial charge in [-0.15, -0.1) is 0 Å². The molecule has 4 nitrogen and oxygen atoms in total. The van der Waals surface area contributed by atoms with E-state index in [0.29, 0.717) is 5.02 Å². The van der Waals surface area contributed by atoms with Crippen LogP contribution in [0.15, 0.2) is 27.8 Å². The third kappa shape index (κ3) is 3.43. The molecule has 6 heteroatoms. The maximum atomic E-state index is 8.31. The number of amidine groups is 1. The first-order valence-corrected chi connectivity index (χ1v) is 4.95. The number of rotatable bonds is 3. The Morgan fingerprint density at radius 1 is 1.57 bits per heavy atom. The summed E-state index contributed by atoms with van der Waals surface area (Å²) in [5, 5.41) is 14.7. The zero-order valence-electron chi connectivity index (χ0n) is 7.17. The van der Waals surface area contributed by atoms with Crippen LogP contribution in [0.25, 0.3) is 0 Å². The Kier molecular flexibility index (Phi) is 4.03. The standard InChI is InChI=1S/C8H9BrClN3O/c9-5-1-6(10)3-7(2-5)12-4-8(11)13-14/h1-3,12,14H,4H2,(H2,11,13). The Balaban J connectivity index is 2.67. The normalized spacial score (nSPS) is 11.4. The predicted octanol–water partition coefficient (Wildman–Crippen LogP) is 2.26. The molecular weight excluding hydrogens is 269 g/mol. The SMILES string of the molecule is N/C(CNc1cc(Cl)cc(Br)c1)=N/O. The molecule has 0 aliphatic rings. The number of nitrogens with one attached hydrogen (secondary N) is 1. The number of hydrogen-bond donors (Lipinski definition) is 3. The van der Waals surface area contributed by atoms with Gasteiger partial charge in [-0.05, 0) is 18.2 Å². The van der Waals surface area contributed by atoms with Crippen LogP contribution < -0.4 is 11.1 Å². The van der Waals surface area contributed by atoms with Crippen molar-refractivity contribution in [3.8, 4) is 0 Å². The first-order chi connectivity index (χ1) is 6.61. The van der Waals surface area contributed by atoms with Crippen LogP contribution >= 0.6 is 27.5 Å². The lowest BCUT2D eigenvalue weighted by Crippen LogP contribution is -2.22. The number of oxime groups is 1. The van der Waals surface area contributed by atoms with Gasteiger partial charge >= 0.3 is 0 Å². The number of nitrogens with two attached hydrogens (primary N) is 1. The van der Waals surface area contributed by atoms with E-state index in [1.807, 2.05) is 6.07 Å². The second-order valence-electron chi connectivity index (χ2n) is 2.60. The van der Waals surface area contributed by atoms with E-state index >= 15 is 0 Å². The van der Waals surface area contributed by atoms with Crippen LogP contribution in [-0.4, -0.2) is 17.6 Å². The molecular formula is C8H9BrClN3O. The molecule has 0 bridgehead atoms. The summed E-state index contributed by atoms with van der Waals surface area (Å²) >= 11 is 9.12. The van der Waals surface area contributed by atoms with E-state index in [4.69, 9.17) is 22.5 Å². The van der Waals surface area contributed by atoms with Gasteiger partial charge in [-0.1, -0.05) is 32.7 Å². The molecule has 1 rings (SSSR count). The van der Waals surface area contributed by atoms with E-state index in [2.05, 4.69) is 26.4 Å². The van der Waals surface area contributed by atoms with Crippen LogP contribution in [0.1, 0.15) is 0 Å². The van der Waals surface area contributed by atoms with Gasteiger partial charge < -0.3 is 16.3 Å². The molecule has 0 heterocycles. The minimum atomic E-state index is 0.112. The Morgan fingerprint density at radius 2 is 2.29 bits per heavy atom. The molecule has 0 radical (unpaired) electrons. The highest BCUT2D eigenvalue weighted by molar-refractivity contribution is 9.10. The molecule has 0 aliphatic carbocycles. The number of benzene rings is 1. The quantitative estimate of drug-likeness (QED) is 0.344. The molecule has 76 valence electrons. The van der Waals surface area contributed by atoms with Gasteiger partial charge in [-0.3, -0.25) is 0 Å². The van der Waals surface area contributed by atoms with Crippen molar-refractivity contribution in [3.63, 3.8) is 0 Å². The average molecular weight is 279 g/mol. The van der Waals surface area contributed by atoms with Crippen molar-refractivity contribution in [2.24, 2.45) is 10.9 Å². The van der Waals surface area contributed by atoms with Crippen LogP contribution in [-0.2, 0) is 0 Å². The summed E-state index contributed by atoms with van der Waals surface area (Å²) < 4.78 is 0.868. The molecule has 0 amide bonds. The number of nitrogens with zero attached hydrogens (tertiary/aromatic N) is 1. The van der Waals surface area contributed by atoms with Crippen LogP contribution in [0, 0.1) is 0 Å². The number of hydrogen-bond acceptors (Lipinski definition) is 3. The molecule has 0 saturated heterocycles. The third-order valence-corrected chi connectivity index (χ3v) is 2.14. The van der Waals surface area contributed by atoms with Crippen LogP contribution in [0.3, 0.4) is 0 Å². The molecule has 0 fully saturated rings. The zero-order valence-corrected chi connectivity index (χ0v) is 9.51. The highest BCUT2D eigenvalue weighted by atomic mass is 79.9. The molecule has 14 heavy (non-hydrogen) atoms. The number of halogens is 2. The predicted molar refractivity (Wildman–Crippen MR) is 61.1 cm³/mol. The molecule has 0 aliphatic heterocycles. The van der Waals surface area contributed by atoms with Gasteiger partial charge in [0, 0.05) is 15.2 Å². The molecule has 0 saturated carbocycles. The van der Waals surface area contributed by atoms with E-state index in [9.17, 15) is 0 Å². The summed E-state index contributed by atoms with van der Waals surface area (Å²) in [5.74, 6) is 0.112. The van der Waals surface area contributed by atoms with Gasteiger partial charge in [-0.25, -0.2) is 0 Å². The minimum absolute atomic E-state index is 0.112. The lowest BCUT2D eigenvalue weighted by atomic mass is 10.3. The van der Waals surface area contributed by atoms with Gasteiger partial charge in [0.15, 0.2) is 5.84 Å². The summed E-state index contributed by atoms with van der Waals surface area (Å²) in [6.07, 6.45) is 0. The second-order valence-corrected chi connectivity index (χ2v) is 3.96. The van der Waals surface area contributed by atoms with Crippen molar-refractivity contribution < 1.29 is 5.21 Å². The number of anilines is 1. The molecule has 0 atom stereocenters. The fraction of sp³-hybridized carbons (Fsp3) is 0.125. The van der Waals surface area contributed by atoms with E-state index in [1.54, 1.807) is 12.1 Å². The van der Waals surface area contributed by atoms with E-state index in [1.165, 1.54) is 0 Å². The molecule has 4 N–H and O–H groups in total. The molecule has 0 spiro atoms. The fourth-order valence-corrected chi connectivity index (χ4v) is 1.74. The first-order valence-electron chi connectivity index (χ1n) is 3.78.